The molecular weight excluding hydrogens is 246 g/mol. The van der Waals surface area contributed by atoms with Crippen LogP contribution in [0.5, 0.6) is 5.75 Å². The van der Waals surface area contributed by atoms with E-state index >= 15 is 0 Å². The highest BCUT2D eigenvalue weighted by atomic mass is 16.5. The number of aromatic nitrogens is 2. The predicted octanol–water partition coefficient (Wildman–Crippen LogP) is 0.648. The van der Waals surface area contributed by atoms with E-state index in [1.165, 1.54) is 7.11 Å². The van der Waals surface area contributed by atoms with Crippen molar-refractivity contribution in [3.8, 4) is 5.75 Å². The fraction of sp³-hybridized carbons (Fsp3) is 0.769. The quantitative estimate of drug-likeness (QED) is 0.726. The van der Waals surface area contributed by atoms with Crippen LogP contribution in [0.15, 0.2) is 6.20 Å². The largest absolute Gasteiger partial charge is 0.493 e. The zero-order chi connectivity index (χ0) is 14.4. The van der Waals surface area contributed by atoms with Crippen molar-refractivity contribution in [3.63, 3.8) is 0 Å². The van der Waals surface area contributed by atoms with E-state index in [-0.39, 0.29) is 0 Å². The van der Waals surface area contributed by atoms with Gasteiger partial charge in [0.2, 0.25) is 0 Å². The highest BCUT2D eigenvalue weighted by Gasteiger charge is 2.25. The van der Waals surface area contributed by atoms with Crippen LogP contribution in [-0.2, 0) is 6.54 Å². The van der Waals surface area contributed by atoms with E-state index in [1.54, 1.807) is 10.9 Å². The van der Waals surface area contributed by atoms with Crippen LogP contribution < -0.4 is 4.74 Å². The average molecular weight is 271 g/mol. The molecule has 0 radical (unpaired) electrons. The second-order valence-electron chi connectivity index (χ2n) is 4.93. The van der Waals surface area contributed by atoms with Crippen molar-refractivity contribution in [3.05, 3.63) is 11.9 Å². The van der Waals surface area contributed by atoms with Crippen LogP contribution in [0.25, 0.3) is 0 Å². The van der Waals surface area contributed by atoms with Gasteiger partial charge in [-0.25, -0.2) is 0 Å². The first kappa shape index (κ1) is 15.9. The molecule has 6 heteroatoms. The summed E-state index contributed by atoms with van der Waals surface area (Å²) in [7, 11) is 5.49. The molecule has 1 heterocycles. The minimum atomic E-state index is -0.973. The molecule has 2 N–H and O–H groups in total. The van der Waals surface area contributed by atoms with Gasteiger partial charge in [-0.05, 0) is 20.5 Å². The van der Waals surface area contributed by atoms with Crippen molar-refractivity contribution in [1.82, 2.24) is 14.7 Å². The van der Waals surface area contributed by atoms with Gasteiger partial charge in [0, 0.05) is 6.54 Å². The molecule has 0 saturated heterocycles. The van der Waals surface area contributed by atoms with Crippen LogP contribution in [0, 0.1) is 0 Å². The maximum Gasteiger partial charge on any atom is 0.162 e. The molecule has 0 aromatic carbocycles. The summed E-state index contributed by atoms with van der Waals surface area (Å²) in [5.74, 6) is 0.515. The monoisotopic (exact) mass is 271 g/mol. The van der Waals surface area contributed by atoms with E-state index < -0.39 is 12.2 Å². The minimum Gasteiger partial charge on any atom is -0.493 e. The molecule has 2 atom stereocenters. The number of aliphatic hydroxyl groups is 2. The zero-order valence-electron chi connectivity index (χ0n) is 12.2. The Hall–Kier alpha value is -1.11. The second kappa shape index (κ2) is 7.47. The van der Waals surface area contributed by atoms with Crippen molar-refractivity contribution >= 4 is 0 Å². The lowest BCUT2D eigenvalue weighted by molar-refractivity contribution is 0.00635. The lowest BCUT2D eigenvalue weighted by Gasteiger charge is -2.20. The minimum absolute atomic E-state index is 0.515. The third-order valence-corrected chi connectivity index (χ3v) is 3.05. The maximum atomic E-state index is 10.3. The molecule has 19 heavy (non-hydrogen) atoms. The van der Waals surface area contributed by atoms with Crippen molar-refractivity contribution < 1.29 is 14.9 Å². The second-order valence-corrected chi connectivity index (χ2v) is 4.93. The fourth-order valence-electron chi connectivity index (χ4n) is 1.94. The van der Waals surface area contributed by atoms with E-state index in [9.17, 15) is 10.2 Å². The lowest BCUT2D eigenvalue weighted by atomic mass is 10.1. The van der Waals surface area contributed by atoms with Gasteiger partial charge >= 0.3 is 0 Å². The predicted molar refractivity (Wildman–Crippen MR) is 73.2 cm³/mol. The van der Waals surface area contributed by atoms with Gasteiger partial charge < -0.3 is 19.8 Å². The normalized spacial score (nSPS) is 14.7. The van der Waals surface area contributed by atoms with Crippen LogP contribution in [-0.4, -0.2) is 58.7 Å². The van der Waals surface area contributed by atoms with Gasteiger partial charge in [-0.1, -0.05) is 13.3 Å². The number of hydrogen-bond acceptors (Lipinski definition) is 5. The Morgan fingerprint density at radius 1 is 1.42 bits per heavy atom. The molecule has 0 fully saturated rings. The summed E-state index contributed by atoms with van der Waals surface area (Å²) in [4.78, 5) is 2.03. The molecule has 0 aliphatic heterocycles. The first-order valence-corrected chi connectivity index (χ1v) is 6.61. The third kappa shape index (κ3) is 4.19. The molecule has 1 rings (SSSR count). The van der Waals surface area contributed by atoms with E-state index in [0.29, 0.717) is 24.4 Å². The van der Waals surface area contributed by atoms with Crippen molar-refractivity contribution in [2.24, 2.45) is 0 Å². The number of nitrogens with zero attached hydrogens (tertiary/aromatic N) is 3. The maximum absolute atomic E-state index is 10.3. The first-order valence-electron chi connectivity index (χ1n) is 6.61. The van der Waals surface area contributed by atoms with Crippen LogP contribution in [0.4, 0.5) is 0 Å². The number of likely N-dealkylation sites (N-methyl/N-ethyl adjacent to an activating group) is 1. The van der Waals surface area contributed by atoms with E-state index in [0.717, 1.165) is 13.0 Å². The third-order valence-electron chi connectivity index (χ3n) is 3.05. The van der Waals surface area contributed by atoms with Crippen molar-refractivity contribution in [2.75, 3.05) is 27.7 Å². The van der Waals surface area contributed by atoms with Gasteiger partial charge in [0.25, 0.3) is 0 Å². The molecule has 0 bridgehead atoms. The van der Waals surface area contributed by atoms with Gasteiger partial charge in [0.1, 0.15) is 11.8 Å². The van der Waals surface area contributed by atoms with Crippen molar-refractivity contribution in [1.29, 1.82) is 0 Å². The summed E-state index contributed by atoms with van der Waals surface area (Å²) in [6, 6.07) is 0. The van der Waals surface area contributed by atoms with Crippen LogP contribution in [0.3, 0.4) is 0 Å². The summed E-state index contributed by atoms with van der Waals surface area (Å²) < 4.78 is 6.91. The Morgan fingerprint density at radius 2 is 2.11 bits per heavy atom. The molecule has 110 valence electrons. The molecule has 1 aromatic heterocycles. The number of methoxy groups -OCH3 is 1. The fourth-order valence-corrected chi connectivity index (χ4v) is 1.94. The molecule has 0 saturated carbocycles. The standard InChI is InChI=1S/C13H25N3O3/c1-5-6-10(17)13(18)12-11(19-4)9-14-16(12)8-7-15(2)3/h9-10,13,17-18H,5-8H2,1-4H3. The van der Waals surface area contributed by atoms with Crippen LogP contribution in [0.1, 0.15) is 31.6 Å². The Morgan fingerprint density at radius 3 is 2.63 bits per heavy atom. The van der Waals surface area contributed by atoms with Gasteiger partial charge in [-0.15, -0.1) is 0 Å². The summed E-state index contributed by atoms with van der Waals surface area (Å²) in [6.45, 7) is 3.41. The SMILES string of the molecule is CCCC(O)C(O)c1c(OC)cnn1CCN(C)C. The molecule has 0 spiro atoms. The number of hydrogen-bond donors (Lipinski definition) is 2. The number of rotatable bonds is 8. The average Bonchev–Trinajstić information content (AvgIpc) is 2.78. The summed E-state index contributed by atoms with van der Waals surface area (Å²) in [6.07, 6.45) is 1.16. The summed E-state index contributed by atoms with van der Waals surface area (Å²) >= 11 is 0. The van der Waals surface area contributed by atoms with Crippen LogP contribution >= 0.6 is 0 Å². The Bertz CT molecular complexity index is 379. The van der Waals surface area contributed by atoms with Crippen molar-refractivity contribution in [2.45, 2.75) is 38.5 Å². The Balaban J connectivity index is 2.91. The first-order chi connectivity index (χ1) is 9.01. The van der Waals surface area contributed by atoms with E-state index in [2.05, 4.69) is 5.10 Å². The highest BCUT2D eigenvalue weighted by Crippen LogP contribution is 2.28. The van der Waals surface area contributed by atoms with Gasteiger partial charge in [-0.3, -0.25) is 4.68 Å². The lowest BCUT2D eigenvalue weighted by Crippen LogP contribution is -2.25. The van der Waals surface area contributed by atoms with Crippen LogP contribution in [0.2, 0.25) is 0 Å². The summed E-state index contributed by atoms with van der Waals surface area (Å²) in [5.41, 5.74) is 0.547. The molecule has 0 aliphatic rings. The number of ether oxygens (including phenoxy) is 1. The number of aliphatic hydroxyl groups excluding tert-OH is 2. The highest BCUT2D eigenvalue weighted by molar-refractivity contribution is 5.28. The molecule has 2 unspecified atom stereocenters. The Kier molecular flexibility index (Phi) is 6.27. The molecular formula is C13H25N3O3. The van der Waals surface area contributed by atoms with Gasteiger partial charge in [0.05, 0.1) is 26.0 Å². The van der Waals surface area contributed by atoms with Gasteiger partial charge in [-0.2, -0.15) is 5.10 Å². The zero-order valence-corrected chi connectivity index (χ0v) is 12.2. The van der Waals surface area contributed by atoms with E-state index in [1.807, 2.05) is 25.9 Å². The van der Waals surface area contributed by atoms with E-state index in [4.69, 9.17) is 4.74 Å². The molecule has 6 nitrogen and oxygen atoms in total. The van der Waals surface area contributed by atoms with Gasteiger partial charge in [0.15, 0.2) is 5.75 Å². The summed E-state index contributed by atoms with van der Waals surface area (Å²) in [5, 5.41) is 24.4. The topological polar surface area (TPSA) is 70.7 Å². The molecule has 0 aliphatic carbocycles. The Labute approximate surface area is 114 Å². The molecule has 1 aromatic rings. The smallest absolute Gasteiger partial charge is 0.162 e. The molecule has 0 amide bonds.